The molecule has 0 saturated carbocycles. The van der Waals surface area contributed by atoms with E-state index in [1.165, 1.54) is 0 Å². The molecular weight excluding hydrogens is 456 g/mol. The molecule has 166 valence electrons. The van der Waals surface area contributed by atoms with Crippen LogP contribution < -0.4 is 4.74 Å². The zero-order valence-corrected chi connectivity index (χ0v) is 19.6. The summed E-state index contributed by atoms with van der Waals surface area (Å²) < 4.78 is 13.6. The van der Waals surface area contributed by atoms with Crippen LogP contribution in [0.3, 0.4) is 0 Å². The average molecular weight is 477 g/mol. The molecule has 0 spiro atoms. The molecule has 6 nitrogen and oxygen atoms in total. The minimum absolute atomic E-state index is 0.0420. The number of nitrogens with zero attached hydrogens (tertiary/aromatic N) is 2. The summed E-state index contributed by atoms with van der Waals surface area (Å²) in [5.41, 5.74) is 3.09. The molecule has 0 amide bonds. The lowest BCUT2D eigenvalue weighted by Crippen LogP contribution is -2.14. The van der Waals surface area contributed by atoms with Gasteiger partial charge in [0.1, 0.15) is 16.8 Å². The van der Waals surface area contributed by atoms with Gasteiger partial charge in [-0.05, 0) is 65.9 Å². The molecule has 0 saturated heterocycles. The number of carboxylic acids is 1. The van der Waals surface area contributed by atoms with Crippen LogP contribution in [0.25, 0.3) is 16.6 Å². The first-order valence-corrected chi connectivity index (χ1v) is 12.0. The van der Waals surface area contributed by atoms with Crippen LogP contribution in [0, 0.1) is 0 Å². The summed E-state index contributed by atoms with van der Waals surface area (Å²) in [4.78, 5) is 27.1. The van der Waals surface area contributed by atoms with E-state index in [2.05, 4.69) is 8.75 Å². The number of ether oxygens (including phenoxy) is 1. The number of benzene rings is 3. The third-order valence-electron chi connectivity index (χ3n) is 5.22. The van der Waals surface area contributed by atoms with Crippen LogP contribution in [0.2, 0.25) is 0 Å². The van der Waals surface area contributed by atoms with Crippen molar-refractivity contribution in [3.63, 3.8) is 0 Å². The number of hydrogen-bond donors (Lipinski definition) is 1. The number of methoxy groups -OCH3 is 1. The summed E-state index contributed by atoms with van der Waals surface area (Å²) in [5.74, 6) is -0.814. The monoisotopic (exact) mass is 476 g/mol. The predicted octanol–water partition coefficient (Wildman–Crippen LogP) is 5.39. The number of carbonyl (C=O) groups excluding carboxylic acids is 1. The minimum Gasteiger partial charge on any atom is -0.497 e. The molecule has 33 heavy (non-hydrogen) atoms. The number of carboxylic acid groups (broad SMARTS) is 1. The standard InChI is InChI=1S/C25H20N2O4S2/c1-31-18-8-3-15(4-9-18)13-20(24(28)16-5-10-19(32-2)11-6-16)23(25(29)30)17-7-12-21-22(14-17)27-33-26-21/h3-12,14H,13H2,1-2H3,(H,29,30). The van der Waals surface area contributed by atoms with Gasteiger partial charge in [-0.3, -0.25) is 4.79 Å². The van der Waals surface area contributed by atoms with Crippen LogP contribution in [0.1, 0.15) is 21.5 Å². The lowest BCUT2D eigenvalue weighted by molar-refractivity contribution is -0.130. The number of rotatable bonds is 8. The zero-order chi connectivity index (χ0) is 23.4. The second-order valence-electron chi connectivity index (χ2n) is 7.21. The van der Waals surface area contributed by atoms with Crippen molar-refractivity contribution in [3.05, 3.63) is 89.0 Å². The van der Waals surface area contributed by atoms with Gasteiger partial charge < -0.3 is 9.84 Å². The van der Waals surface area contributed by atoms with Crippen molar-refractivity contribution >= 4 is 51.8 Å². The largest absolute Gasteiger partial charge is 0.497 e. The summed E-state index contributed by atoms with van der Waals surface area (Å²) in [6, 6.07) is 19.5. The van der Waals surface area contributed by atoms with Crippen molar-refractivity contribution < 1.29 is 19.4 Å². The molecule has 0 atom stereocenters. The molecule has 0 aliphatic heterocycles. The number of carbonyl (C=O) groups is 2. The summed E-state index contributed by atoms with van der Waals surface area (Å²) in [7, 11) is 1.58. The molecule has 1 N–H and O–H groups in total. The van der Waals surface area contributed by atoms with Crippen LogP contribution in [0.4, 0.5) is 0 Å². The van der Waals surface area contributed by atoms with E-state index in [9.17, 15) is 14.7 Å². The molecule has 4 rings (SSSR count). The number of Topliss-reactive ketones (excluding diaryl/α,β-unsaturated/α-hetero) is 1. The van der Waals surface area contributed by atoms with E-state index in [4.69, 9.17) is 4.74 Å². The normalized spacial score (nSPS) is 11.8. The second-order valence-corrected chi connectivity index (χ2v) is 8.62. The number of allylic oxidation sites excluding steroid dienone is 1. The molecule has 0 aliphatic rings. The first-order valence-electron chi connectivity index (χ1n) is 10.0. The van der Waals surface area contributed by atoms with Crippen LogP contribution in [-0.2, 0) is 11.2 Å². The Morgan fingerprint density at radius 1 is 0.939 bits per heavy atom. The highest BCUT2D eigenvalue weighted by Gasteiger charge is 2.24. The summed E-state index contributed by atoms with van der Waals surface area (Å²) in [5, 5.41) is 10.2. The maximum Gasteiger partial charge on any atom is 0.336 e. The number of fused-ring (bicyclic) bond motifs is 1. The topological polar surface area (TPSA) is 89.4 Å². The maximum atomic E-state index is 13.6. The predicted molar refractivity (Wildman–Crippen MR) is 131 cm³/mol. The lowest BCUT2D eigenvalue weighted by atomic mass is 9.89. The van der Waals surface area contributed by atoms with Crippen molar-refractivity contribution in [2.24, 2.45) is 0 Å². The second kappa shape index (κ2) is 9.97. The first kappa shape index (κ1) is 22.7. The van der Waals surface area contributed by atoms with E-state index in [0.29, 0.717) is 27.9 Å². The van der Waals surface area contributed by atoms with Crippen molar-refractivity contribution in [1.29, 1.82) is 0 Å². The molecule has 0 bridgehead atoms. The Morgan fingerprint density at radius 3 is 2.24 bits per heavy atom. The third kappa shape index (κ3) is 4.97. The molecule has 1 aromatic heterocycles. The van der Waals surface area contributed by atoms with Crippen LogP contribution in [0.15, 0.2) is 77.2 Å². The summed E-state index contributed by atoms with van der Waals surface area (Å²) in [6.45, 7) is 0. The Kier molecular flexibility index (Phi) is 6.86. The zero-order valence-electron chi connectivity index (χ0n) is 17.9. The van der Waals surface area contributed by atoms with Gasteiger partial charge in [-0.25, -0.2) is 4.79 Å². The quantitative estimate of drug-likeness (QED) is 0.207. The Balaban J connectivity index is 1.87. The van der Waals surface area contributed by atoms with Gasteiger partial charge >= 0.3 is 5.97 Å². The number of thioether (sulfide) groups is 1. The van der Waals surface area contributed by atoms with Crippen molar-refractivity contribution in [2.45, 2.75) is 11.3 Å². The Labute approximate surface area is 199 Å². The summed E-state index contributed by atoms with van der Waals surface area (Å²) >= 11 is 2.63. The van der Waals surface area contributed by atoms with Gasteiger partial charge in [0.05, 0.1) is 24.4 Å². The van der Waals surface area contributed by atoms with Gasteiger partial charge in [0.25, 0.3) is 0 Å². The van der Waals surface area contributed by atoms with E-state index < -0.39 is 5.97 Å². The van der Waals surface area contributed by atoms with E-state index in [0.717, 1.165) is 22.2 Å². The SMILES string of the molecule is COc1ccc(CC(C(=O)c2ccc(SC)cc2)=C(C(=O)O)c2ccc3nsnc3c2)cc1. The molecule has 0 aliphatic carbocycles. The summed E-state index contributed by atoms with van der Waals surface area (Å²) in [6.07, 6.45) is 2.11. The molecule has 0 unspecified atom stereocenters. The average Bonchev–Trinajstić information content (AvgIpc) is 3.31. The van der Waals surface area contributed by atoms with Gasteiger partial charge in [0.15, 0.2) is 5.78 Å². The number of aromatic nitrogens is 2. The Morgan fingerprint density at radius 2 is 1.61 bits per heavy atom. The molecule has 4 aromatic rings. The molecule has 3 aromatic carbocycles. The Hall–Kier alpha value is -3.49. The molecule has 0 radical (unpaired) electrons. The van der Waals surface area contributed by atoms with Crippen molar-refractivity contribution in [1.82, 2.24) is 8.75 Å². The van der Waals surface area contributed by atoms with Gasteiger partial charge in [-0.1, -0.05) is 18.2 Å². The van der Waals surface area contributed by atoms with E-state index in [1.54, 1.807) is 61.3 Å². The smallest absolute Gasteiger partial charge is 0.336 e. The highest BCUT2D eigenvalue weighted by molar-refractivity contribution is 7.98. The van der Waals surface area contributed by atoms with Crippen molar-refractivity contribution in [3.8, 4) is 5.75 Å². The van der Waals surface area contributed by atoms with Gasteiger partial charge in [-0.15, -0.1) is 11.8 Å². The van der Waals surface area contributed by atoms with E-state index in [-0.39, 0.29) is 23.4 Å². The fourth-order valence-electron chi connectivity index (χ4n) is 3.51. The van der Waals surface area contributed by atoms with Crippen molar-refractivity contribution in [2.75, 3.05) is 13.4 Å². The molecular formula is C25H20N2O4S2. The van der Waals surface area contributed by atoms with E-state index in [1.807, 2.05) is 30.5 Å². The van der Waals surface area contributed by atoms with E-state index >= 15 is 0 Å². The van der Waals surface area contributed by atoms with Crippen LogP contribution >= 0.6 is 23.5 Å². The number of hydrogen-bond acceptors (Lipinski definition) is 7. The van der Waals surface area contributed by atoms with Gasteiger partial charge in [-0.2, -0.15) is 8.75 Å². The highest BCUT2D eigenvalue weighted by atomic mass is 32.2. The third-order valence-corrected chi connectivity index (χ3v) is 6.52. The fraction of sp³-hybridized carbons (Fsp3) is 0.120. The molecule has 0 fully saturated rings. The Bertz CT molecular complexity index is 1340. The van der Waals surface area contributed by atoms with Gasteiger partial charge in [0, 0.05) is 22.5 Å². The molecule has 8 heteroatoms. The first-order chi connectivity index (χ1) is 16.0. The highest BCUT2D eigenvalue weighted by Crippen LogP contribution is 2.29. The number of ketones is 1. The molecule has 1 heterocycles. The lowest BCUT2D eigenvalue weighted by Gasteiger charge is -2.14. The maximum absolute atomic E-state index is 13.6. The van der Waals surface area contributed by atoms with Crippen LogP contribution in [-0.4, -0.2) is 39.0 Å². The van der Waals surface area contributed by atoms with Crippen LogP contribution in [0.5, 0.6) is 5.75 Å². The minimum atomic E-state index is -1.17. The number of aliphatic carboxylic acids is 1. The van der Waals surface area contributed by atoms with Gasteiger partial charge in [0.2, 0.25) is 0 Å². The fourth-order valence-corrected chi connectivity index (χ4v) is 4.44.